The van der Waals surface area contributed by atoms with Crippen LogP contribution in [0.5, 0.6) is 0 Å². The summed E-state index contributed by atoms with van der Waals surface area (Å²) in [7, 11) is 0. The van der Waals surface area contributed by atoms with Crippen molar-refractivity contribution in [2.75, 3.05) is 16.9 Å². The number of carbonyl (C=O) groups is 2. The van der Waals surface area contributed by atoms with Gasteiger partial charge in [0.2, 0.25) is 11.1 Å². The Morgan fingerprint density at radius 1 is 1.17 bits per heavy atom. The van der Waals surface area contributed by atoms with Gasteiger partial charge in [-0.05, 0) is 31.2 Å². The van der Waals surface area contributed by atoms with Gasteiger partial charge in [-0.3, -0.25) is 9.59 Å². The molecule has 0 saturated carbocycles. The molecule has 4 rings (SSSR count). The highest BCUT2D eigenvalue weighted by atomic mass is 32.2. The van der Waals surface area contributed by atoms with Gasteiger partial charge in [0.05, 0.1) is 11.3 Å². The number of carbonyl (C=O) groups excluding carboxylic acids is 2. The van der Waals surface area contributed by atoms with Crippen LogP contribution in [0.25, 0.3) is 11.4 Å². The monoisotopic (exact) mass is 428 g/mol. The molecule has 2 amide bonds. The summed E-state index contributed by atoms with van der Waals surface area (Å²) in [4.78, 5) is 25.6. The number of nitrogens with two attached hydrogens (primary N) is 2. The number of amides is 2. The quantitative estimate of drug-likeness (QED) is 0.408. The lowest BCUT2D eigenvalue weighted by molar-refractivity contribution is -0.113. The van der Waals surface area contributed by atoms with Crippen LogP contribution in [0.3, 0.4) is 0 Å². The first kappa shape index (κ1) is 19.5. The van der Waals surface area contributed by atoms with Gasteiger partial charge in [0, 0.05) is 10.4 Å². The first-order valence-corrected chi connectivity index (χ1v) is 11.0. The number of fused-ring (bicyclic) bond motifs is 1. The highest BCUT2D eigenvalue weighted by Crippen LogP contribution is 2.38. The lowest BCUT2D eigenvalue weighted by Crippen LogP contribution is -2.20. The molecule has 10 heteroatoms. The maximum atomic E-state index is 12.5. The van der Waals surface area contributed by atoms with Crippen molar-refractivity contribution < 1.29 is 9.59 Å². The first-order valence-electron chi connectivity index (χ1n) is 9.17. The van der Waals surface area contributed by atoms with Crippen molar-refractivity contribution in [3.05, 3.63) is 46.3 Å². The molecular formula is C19H20N6O2S2. The Kier molecular flexibility index (Phi) is 5.54. The number of benzene rings is 1. The Hall–Kier alpha value is -2.85. The molecule has 3 aromatic rings. The molecule has 1 aromatic carbocycles. The summed E-state index contributed by atoms with van der Waals surface area (Å²) in [6.07, 6.45) is 3.87. The number of aromatic nitrogens is 3. The van der Waals surface area contributed by atoms with Gasteiger partial charge in [0.1, 0.15) is 5.00 Å². The van der Waals surface area contributed by atoms with Crippen LogP contribution in [0.4, 0.5) is 5.00 Å². The van der Waals surface area contributed by atoms with Gasteiger partial charge in [0.15, 0.2) is 5.82 Å². The van der Waals surface area contributed by atoms with Crippen LogP contribution < -0.4 is 16.9 Å². The molecule has 1 aliphatic carbocycles. The molecule has 0 spiro atoms. The van der Waals surface area contributed by atoms with E-state index in [1.165, 1.54) is 27.8 Å². The van der Waals surface area contributed by atoms with Gasteiger partial charge >= 0.3 is 0 Å². The van der Waals surface area contributed by atoms with Crippen LogP contribution in [-0.2, 0) is 17.6 Å². The highest BCUT2D eigenvalue weighted by Gasteiger charge is 2.25. The number of hydrogen-bond acceptors (Lipinski definition) is 7. The SMILES string of the molecule is NC(=O)c1c(NC(=O)CSc2nnc(-c3ccccc3)n2N)sc2c1CCCC2. The van der Waals surface area contributed by atoms with E-state index < -0.39 is 5.91 Å². The Bertz CT molecular complexity index is 1060. The fourth-order valence-electron chi connectivity index (χ4n) is 3.37. The first-order chi connectivity index (χ1) is 14.0. The minimum absolute atomic E-state index is 0.0882. The number of nitrogen functional groups attached to an aromatic ring is 1. The third-order valence-electron chi connectivity index (χ3n) is 4.70. The number of rotatable bonds is 6. The smallest absolute Gasteiger partial charge is 0.251 e. The van der Waals surface area contributed by atoms with E-state index in [9.17, 15) is 9.59 Å². The molecule has 150 valence electrons. The number of primary amides is 1. The molecule has 8 nitrogen and oxygen atoms in total. The van der Waals surface area contributed by atoms with Crippen molar-refractivity contribution in [2.24, 2.45) is 5.73 Å². The molecular weight excluding hydrogens is 408 g/mol. The third kappa shape index (κ3) is 3.99. The van der Waals surface area contributed by atoms with Gasteiger partial charge in [0.25, 0.3) is 5.91 Å². The average molecular weight is 429 g/mol. The largest absolute Gasteiger partial charge is 0.365 e. The molecule has 0 atom stereocenters. The summed E-state index contributed by atoms with van der Waals surface area (Å²) >= 11 is 2.62. The van der Waals surface area contributed by atoms with Crippen molar-refractivity contribution in [1.82, 2.24) is 14.9 Å². The Balaban J connectivity index is 1.45. The second-order valence-electron chi connectivity index (χ2n) is 6.66. The predicted octanol–water partition coefficient (Wildman–Crippen LogP) is 2.43. The molecule has 2 aromatic heterocycles. The lowest BCUT2D eigenvalue weighted by Gasteiger charge is -2.11. The molecule has 2 heterocycles. The van der Waals surface area contributed by atoms with Crippen LogP contribution >= 0.6 is 23.1 Å². The minimum atomic E-state index is -0.499. The summed E-state index contributed by atoms with van der Waals surface area (Å²) in [6.45, 7) is 0. The third-order valence-corrected chi connectivity index (χ3v) is 6.85. The summed E-state index contributed by atoms with van der Waals surface area (Å²) in [5.74, 6) is 5.95. The Morgan fingerprint density at radius 2 is 1.93 bits per heavy atom. The fourth-order valence-corrected chi connectivity index (χ4v) is 5.33. The number of aryl methyl sites for hydroxylation is 1. The van der Waals surface area contributed by atoms with E-state index in [1.807, 2.05) is 30.3 Å². The second-order valence-corrected chi connectivity index (χ2v) is 8.71. The Labute approximate surface area is 175 Å². The van der Waals surface area contributed by atoms with E-state index >= 15 is 0 Å². The zero-order valence-corrected chi connectivity index (χ0v) is 17.2. The maximum absolute atomic E-state index is 12.5. The van der Waals surface area contributed by atoms with Crippen LogP contribution in [0, 0.1) is 0 Å². The van der Waals surface area contributed by atoms with Crippen LogP contribution in [-0.4, -0.2) is 32.4 Å². The van der Waals surface area contributed by atoms with E-state index in [4.69, 9.17) is 11.6 Å². The van der Waals surface area contributed by atoms with Gasteiger partial charge in [-0.25, -0.2) is 4.68 Å². The molecule has 0 aliphatic heterocycles. The number of thiophene rings is 1. The normalized spacial score (nSPS) is 13.1. The fraction of sp³-hybridized carbons (Fsp3) is 0.263. The van der Waals surface area contributed by atoms with E-state index in [2.05, 4.69) is 15.5 Å². The average Bonchev–Trinajstić information content (AvgIpc) is 3.27. The maximum Gasteiger partial charge on any atom is 0.251 e. The lowest BCUT2D eigenvalue weighted by atomic mass is 9.95. The van der Waals surface area contributed by atoms with Crippen LogP contribution in [0.15, 0.2) is 35.5 Å². The molecule has 29 heavy (non-hydrogen) atoms. The van der Waals surface area contributed by atoms with Crippen molar-refractivity contribution in [3.8, 4) is 11.4 Å². The zero-order valence-electron chi connectivity index (χ0n) is 15.6. The van der Waals surface area contributed by atoms with E-state index in [0.29, 0.717) is 21.5 Å². The molecule has 0 bridgehead atoms. The van der Waals surface area contributed by atoms with E-state index in [1.54, 1.807) is 0 Å². The molecule has 0 saturated heterocycles. The molecule has 5 N–H and O–H groups in total. The summed E-state index contributed by atoms with van der Waals surface area (Å²) < 4.78 is 1.37. The number of thioether (sulfide) groups is 1. The van der Waals surface area contributed by atoms with Crippen molar-refractivity contribution in [1.29, 1.82) is 0 Å². The van der Waals surface area contributed by atoms with E-state index in [0.717, 1.165) is 41.7 Å². The Morgan fingerprint density at radius 3 is 2.69 bits per heavy atom. The van der Waals surface area contributed by atoms with Crippen molar-refractivity contribution >= 4 is 39.9 Å². The highest BCUT2D eigenvalue weighted by molar-refractivity contribution is 7.99. The molecule has 1 aliphatic rings. The van der Waals surface area contributed by atoms with Crippen molar-refractivity contribution in [2.45, 2.75) is 30.8 Å². The molecule has 0 unspecified atom stereocenters. The standard InChI is InChI=1S/C19H20N6O2S2/c20-16(27)15-12-8-4-5-9-13(12)29-18(15)22-14(26)10-28-19-24-23-17(25(19)21)11-6-2-1-3-7-11/h1-3,6-7H,4-5,8-10,21H2,(H2,20,27)(H,22,26). The number of nitrogens with one attached hydrogen (secondary N) is 1. The van der Waals surface area contributed by atoms with Gasteiger partial charge in [-0.15, -0.1) is 21.5 Å². The number of nitrogens with zero attached hydrogens (tertiary/aromatic N) is 3. The molecule has 0 fully saturated rings. The van der Waals surface area contributed by atoms with Crippen molar-refractivity contribution in [3.63, 3.8) is 0 Å². The minimum Gasteiger partial charge on any atom is -0.365 e. The number of hydrogen-bond donors (Lipinski definition) is 3. The predicted molar refractivity (Wildman–Crippen MR) is 114 cm³/mol. The van der Waals surface area contributed by atoms with Gasteiger partial charge in [-0.1, -0.05) is 42.1 Å². The topological polar surface area (TPSA) is 129 Å². The summed E-state index contributed by atoms with van der Waals surface area (Å²) in [5, 5.41) is 12.0. The summed E-state index contributed by atoms with van der Waals surface area (Å²) in [5.41, 5.74) is 7.86. The van der Waals surface area contributed by atoms with Gasteiger partial charge in [-0.2, -0.15) is 0 Å². The summed E-state index contributed by atoms with van der Waals surface area (Å²) in [6, 6.07) is 9.46. The molecule has 0 radical (unpaired) electrons. The second kappa shape index (κ2) is 8.26. The van der Waals surface area contributed by atoms with Gasteiger partial charge < -0.3 is 16.9 Å². The van der Waals surface area contributed by atoms with Crippen LogP contribution in [0.1, 0.15) is 33.6 Å². The van der Waals surface area contributed by atoms with Crippen LogP contribution in [0.2, 0.25) is 0 Å². The zero-order chi connectivity index (χ0) is 20.4. The van der Waals surface area contributed by atoms with E-state index in [-0.39, 0.29) is 11.7 Å². The number of anilines is 1.